The Balaban J connectivity index is 1.99. The molecular weight excluding hydrogens is 182 g/mol. The van der Waals surface area contributed by atoms with E-state index in [1.807, 2.05) is 6.08 Å². The van der Waals surface area contributed by atoms with Gasteiger partial charge in [-0.3, -0.25) is 4.90 Å². The Labute approximate surface area is 92.4 Å². The van der Waals surface area contributed by atoms with Crippen LogP contribution in [0.5, 0.6) is 0 Å². The molecule has 1 heteroatoms. The van der Waals surface area contributed by atoms with E-state index >= 15 is 0 Å². The predicted molar refractivity (Wildman–Crippen MR) is 65.7 cm³/mol. The van der Waals surface area contributed by atoms with Crippen LogP contribution in [0.1, 0.15) is 30.4 Å². The zero-order chi connectivity index (χ0) is 10.5. The first-order valence-electron chi connectivity index (χ1n) is 5.82. The lowest BCUT2D eigenvalue weighted by Crippen LogP contribution is -2.29. The molecule has 1 aliphatic heterocycles. The quantitative estimate of drug-likeness (QED) is 0.725. The first-order valence-corrected chi connectivity index (χ1v) is 5.82. The molecule has 0 amide bonds. The standard InChI is InChI=1S/C14H19N/c1-2-13-7-6-8-14(11-13)12-15-9-4-3-5-10-15/h2,6-8,11H,1,3-5,9-10,12H2. The maximum atomic E-state index is 3.81. The summed E-state index contributed by atoms with van der Waals surface area (Å²) in [5, 5.41) is 0. The van der Waals surface area contributed by atoms with Crippen molar-refractivity contribution in [2.45, 2.75) is 25.8 Å². The molecule has 15 heavy (non-hydrogen) atoms. The van der Waals surface area contributed by atoms with E-state index in [1.54, 1.807) is 0 Å². The van der Waals surface area contributed by atoms with Crippen LogP contribution in [0, 0.1) is 0 Å². The van der Waals surface area contributed by atoms with Gasteiger partial charge in [-0.05, 0) is 37.1 Å². The average Bonchev–Trinajstić information content (AvgIpc) is 2.31. The highest BCUT2D eigenvalue weighted by Crippen LogP contribution is 2.14. The van der Waals surface area contributed by atoms with E-state index in [-0.39, 0.29) is 0 Å². The van der Waals surface area contributed by atoms with Crippen molar-refractivity contribution in [1.29, 1.82) is 0 Å². The molecule has 1 aliphatic rings. The maximum absolute atomic E-state index is 3.81. The van der Waals surface area contributed by atoms with Crippen LogP contribution in [0.4, 0.5) is 0 Å². The minimum absolute atomic E-state index is 1.10. The molecule has 0 N–H and O–H groups in total. The number of rotatable bonds is 3. The van der Waals surface area contributed by atoms with Crippen molar-refractivity contribution in [1.82, 2.24) is 4.90 Å². The Morgan fingerprint density at radius 2 is 2.00 bits per heavy atom. The number of likely N-dealkylation sites (tertiary alicyclic amines) is 1. The van der Waals surface area contributed by atoms with E-state index in [4.69, 9.17) is 0 Å². The van der Waals surface area contributed by atoms with Gasteiger partial charge in [-0.1, -0.05) is 43.3 Å². The molecule has 80 valence electrons. The van der Waals surface area contributed by atoms with E-state index in [1.165, 1.54) is 43.5 Å². The van der Waals surface area contributed by atoms with E-state index in [9.17, 15) is 0 Å². The number of piperidine rings is 1. The third-order valence-electron chi connectivity index (χ3n) is 3.04. The predicted octanol–water partition coefficient (Wildman–Crippen LogP) is 3.32. The summed E-state index contributed by atoms with van der Waals surface area (Å²) < 4.78 is 0. The van der Waals surface area contributed by atoms with Crippen molar-refractivity contribution in [3.8, 4) is 0 Å². The van der Waals surface area contributed by atoms with Crippen molar-refractivity contribution in [3.05, 3.63) is 42.0 Å². The van der Waals surface area contributed by atoms with Crippen LogP contribution < -0.4 is 0 Å². The van der Waals surface area contributed by atoms with Crippen LogP contribution in [0.25, 0.3) is 6.08 Å². The molecule has 0 unspecified atom stereocenters. The Morgan fingerprint density at radius 1 is 1.20 bits per heavy atom. The van der Waals surface area contributed by atoms with Crippen LogP contribution in [-0.4, -0.2) is 18.0 Å². The van der Waals surface area contributed by atoms with Gasteiger partial charge >= 0.3 is 0 Å². The maximum Gasteiger partial charge on any atom is 0.0233 e. The average molecular weight is 201 g/mol. The normalized spacial score (nSPS) is 17.6. The Bertz CT molecular complexity index is 324. The Kier molecular flexibility index (Phi) is 3.57. The largest absolute Gasteiger partial charge is 0.299 e. The zero-order valence-electron chi connectivity index (χ0n) is 9.28. The monoisotopic (exact) mass is 201 g/mol. The lowest BCUT2D eigenvalue weighted by Gasteiger charge is -2.26. The highest BCUT2D eigenvalue weighted by molar-refractivity contribution is 5.47. The summed E-state index contributed by atoms with van der Waals surface area (Å²) in [7, 11) is 0. The fourth-order valence-corrected chi connectivity index (χ4v) is 2.19. The molecule has 0 atom stereocenters. The highest BCUT2D eigenvalue weighted by Gasteiger charge is 2.09. The molecular formula is C14H19N. The molecule has 0 bridgehead atoms. The molecule has 2 rings (SSSR count). The molecule has 1 aromatic carbocycles. The van der Waals surface area contributed by atoms with Gasteiger partial charge in [0.05, 0.1) is 0 Å². The van der Waals surface area contributed by atoms with Gasteiger partial charge in [0, 0.05) is 6.54 Å². The van der Waals surface area contributed by atoms with Gasteiger partial charge in [0.2, 0.25) is 0 Å². The molecule has 1 fully saturated rings. The first kappa shape index (κ1) is 10.4. The molecule has 0 spiro atoms. The molecule has 0 aliphatic carbocycles. The summed E-state index contributed by atoms with van der Waals surface area (Å²) in [5.41, 5.74) is 2.64. The molecule has 0 saturated carbocycles. The van der Waals surface area contributed by atoms with E-state index < -0.39 is 0 Å². The van der Waals surface area contributed by atoms with Gasteiger partial charge in [0.15, 0.2) is 0 Å². The lowest BCUT2D eigenvalue weighted by molar-refractivity contribution is 0.221. The summed E-state index contributed by atoms with van der Waals surface area (Å²) >= 11 is 0. The number of hydrogen-bond acceptors (Lipinski definition) is 1. The van der Waals surface area contributed by atoms with Crippen LogP contribution in [0.15, 0.2) is 30.8 Å². The second-order valence-electron chi connectivity index (χ2n) is 4.29. The minimum Gasteiger partial charge on any atom is -0.299 e. The topological polar surface area (TPSA) is 3.24 Å². The fraction of sp³-hybridized carbons (Fsp3) is 0.429. The van der Waals surface area contributed by atoms with Gasteiger partial charge < -0.3 is 0 Å². The van der Waals surface area contributed by atoms with Crippen LogP contribution in [0.3, 0.4) is 0 Å². The first-order chi connectivity index (χ1) is 7.38. The van der Waals surface area contributed by atoms with Crippen molar-refractivity contribution in [2.24, 2.45) is 0 Å². The van der Waals surface area contributed by atoms with Gasteiger partial charge in [0.25, 0.3) is 0 Å². The Hall–Kier alpha value is -1.08. The highest BCUT2D eigenvalue weighted by atomic mass is 15.1. The van der Waals surface area contributed by atoms with Gasteiger partial charge in [-0.2, -0.15) is 0 Å². The molecule has 0 radical (unpaired) electrons. The molecule has 1 aromatic rings. The third-order valence-corrected chi connectivity index (χ3v) is 3.04. The van der Waals surface area contributed by atoms with E-state index in [0.717, 1.165) is 6.54 Å². The minimum atomic E-state index is 1.10. The number of nitrogens with zero attached hydrogens (tertiary/aromatic N) is 1. The zero-order valence-corrected chi connectivity index (χ0v) is 9.28. The van der Waals surface area contributed by atoms with E-state index in [0.29, 0.717) is 0 Å². The molecule has 1 nitrogen and oxygen atoms in total. The molecule has 1 saturated heterocycles. The van der Waals surface area contributed by atoms with Crippen molar-refractivity contribution >= 4 is 6.08 Å². The summed E-state index contributed by atoms with van der Waals surface area (Å²) in [6.45, 7) is 7.43. The SMILES string of the molecule is C=Cc1cccc(CN2CCCCC2)c1. The second kappa shape index (κ2) is 5.13. The van der Waals surface area contributed by atoms with Gasteiger partial charge in [-0.25, -0.2) is 0 Å². The third kappa shape index (κ3) is 2.93. The summed E-state index contributed by atoms with van der Waals surface area (Å²) in [5.74, 6) is 0. The Morgan fingerprint density at radius 3 is 2.73 bits per heavy atom. The number of benzene rings is 1. The summed E-state index contributed by atoms with van der Waals surface area (Å²) in [4.78, 5) is 2.55. The van der Waals surface area contributed by atoms with E-state index in [2.05, 4.69) is 35.7 Å². The van der Waals surface area contributed by atoms with Crippen LogP contribution >= 0.6 is 0 Å². The lowest BCUT2D eigenvalue weighted by atomic mass is 10.1. The van der Waals surface area contributed by atoms with Gasteiger partial charge in [-0.15, -0.1) is 0 Å². The van der Waals surface area contributed by atoms with Gasteiger partial charge in [0.1, 0.15) is 0 Å². The molecule has 0 aromatic heterocycles. The smallest absolute Gasteiger partial charge is 0.0233 e. The summed E-state index contributed by atoms with van der Waals surface area (Å²) in [6, 6.07) is 8.67. The fourth-order valence-electron chi connectivity index (χ4n) is 2.19. The van der Waals surface area contributed by atoms with Crippen LogP contribution in [0.2, 0.25) is 0 Å². The summed E-state index contributed by atoms with van der Waals surface area (Å²) in [6.07, 6.45) is 6.05. The van der Waals surface area contributed by atoms with Crippen LogP contribution in [-0.2, 0) is 6.54 Å². The number of hydrogen-bond donors (Lipinski definition) is 0. The van der Waals surface area contributed by atoms with Crippen molar-refractivity contribution in [3.63, 3.8) is 0 Å². The molecule has 1 heterocycles. The van der Waals surface area contributed by atoms with Crippen molar-refractivity contribution < 1.29 is 0 Å². The van der Waals surface area contributed by atoms with Crippen molar-refractivity contribution in [2.75, 3.05) is 13.1 Å². The second-order valence-corrected chi connectivity index (χ2v) is 4.29.